The SMILES string of the molecule is Nc1ccc(N2CCCN(C(=O)c3cccs3)CC2)cc1. The predicted octanol–water partition coefficient (Wildman–Crippen LogP) is 2.68. The molecular formula is C16H19N3OS. The van der Waals surface area contributed by atoms with Gasteiger partial charge in [0.15, 0.2) is 0 Å². The third kappa shape index (κ3) is 3.19. The largest absolute Gasteiger partial charge is 0.399 e. The molecule has 21 heavy (non-hydrogen) atoms. The van der Waals surface area contributed by atoms with Gasteiger partial charge in [-0.15, -0.1) is 11.3 Å². The van der Waals surface area contributed by atoms with E-state index in [1.54, 1.807) is 0 Å². The fourth-order valence-electron chi connectivity index (χ4n) is 2.62. The van der Waals surface area contributed by atoms with Crippen LogP contribution in [0.4, 0.5) is 11.4 Å². The van der Waals surface area contributed by atoms with Crippen LogP contribution in [0.2, 0.25) is 0 Å². The zero-order chi connectivity index (χ0) is 14.7. The average Bonchev–Trinajstić information content (AvgIpc) is 2.92. The van der Waals surface area contributed by atoms with Gasteiger partial charge in [-0.1, -0.05) is 6.07 Å². The van der Waals surface area contributed by atoms with E-state index in [9.17, 15) is 4.79 Å². The quantitative estimate of drug-likeness (QED) is 0.868. The minimum absolute atomic E-state index is 0.157. The van der Waals surface area contributed by atoms with Crippen molar-refractivity contribution in [3.63, 3.8) is 0 Å². The summed E-state index contributed by atoms with van der Waals surface area (Å²) in [5, 5.41) is 1.95. The predicted molar refractivity (Wildman–Crippen MR) is 87.9 cm³/mol. The van der Waals surface area contributed by atoms with Crippen LogP contribution in [0, 0.1) is 0 Å². The maximum Gasteiger partial charge on any atom is 0.263 e. The van der Waals surface area contributed by atoms with Gasteiger partial charge in [0.1, 0.15) is 0 Å². The third-order valence-electron chi connectivity index (χ3n) is 3.77. The Morgan fingerprint density at radius 2 is 1.86 bits per heavy atom. The maximum absolute atomic E-state index is 12.4. The number of carbonyl (C=O) groups excluding carboxylic acids is 1. The topological polar surface area (TPSA) is 49.6 Å². The highest BCUT2D eigenvalue weighted by Gasteiger charge is 2.20. The molecule has 3 rings (SSSR count). The first kappa shape index (κ1) is 13.9. The molecule has 1 aliphatic rings. The summed E-state index contributed by atoms with van der Waals surface area (Å²) in [5.41, 5.74) is 7.69. The molecule has 0 saturated carbocycles. The number of nitrogens with zero attached hydrogens (tertiary/aromatic N) is 2. The van der Waals surface area contributed by atoms with Crippen molar-refractivity contribution in [3.8, 4) is 0 Å². The van der Waals surface area contributed by atoms with Crippen LogP contribution in [-0.2, 0) is 0 Å². The van der Waals surface area contributed by atoms with E-state index < -0.39 is 0 Å². The van der Waals surface area contributed by atoms with Crippen LogP contribution >= 0.6 is 11.3 Å². The number of rotatable bonds is 2. The van der Waals surface area contributed by atoms with Crippen LogP contribution in [-0.4, -0.2) is 37.0 Å². The van der Waals surface area contributed by atoms with Crippen LogP contribution in [0.1, 0.15) is 16.1 Å². The summed E-state index contributed by atoms with van der Waals surface area (Å²) in [6.45, 7) is 3.42. The molecule has 0 unspecified atom stereocenters. The zero-order valence-electron chi connectivity index (χ0n) is 11.9. The van der Waals surface area contributed by atoms with Crippen LogP contribution in [0.3, 0.4) is 0 Å². The lowest BCUT2D eigenvalue weighted by Gasteiger charge is -2.23. The Hall–Kier alpha value is -2.01. The maximum atomic E-state index is 12.4. The minimum Gasteiger partial charge on any atom is -0.399 e. The van der Waals surface area contributed by atoms with Crippen molar-refractivity contribution >= 4 is 28.6 Å². The lowest BCUT2D eigenvalue weighted by Crippen LogP contribution is -2.34. The number of carbonyl (C=O) groups is 1. The van der Waals surface area contributed by atoms with Crippen molar-refractivity contribution < 1.29 is 4.79 Å². The van der Waals surface area contributed by atoms with Gasteiger partial charge in [-0.2, -0.15) is 0 Å². The van der Waals surface area contributed by atoms with Crippen LogP contribution < -0.4 is 10.6 Å². The van der Waals surface area contributed by atoms with E-state index in [2.05, 4.69) is 4.90 Å². The van der Waals surface area contributed by atoms with E-state index in [1.807, 2.05) is 46.7 Å². The molecule has 0 aliphatic carbocycles. The molecule has 1 amide bonds. The first-order valence-electron chi connectivity index (χ1n) is 7.17. The lowest BCUT2D eigenvalue weighted by atomic mass is 10.2. The van der Waals surface area contributed by atoms with Crippen molar-refractivity contribution in [3.05, 3.63) is 46.7 Å². The summed E-state index contributed by atoms with van der Waals surface area (Å²) in [7, 11) is 0. The number of nitrogen functional groups attached to an aromatic ring is 1. The highest BCUT2D eigenvalue weighted by molar-refractivity contribution is 7.12. The number of thiophene rings is 1. The van der Waals surface area contributed by atoms with Gasteiger partial charge in [-0.3, -0.25) is 4.79 Å². The normalized spacial score (nSPS) is 15.8. The van der Waals surface area contributed by atoms with Crippen molar-refractivity contribution in [1.29, 1.82) is 0 Å². The van der Waals surface area contributed by atoms with Crippen LogP contribution in [0.25, 0.3) is 0 Å². The van der Waals surface area contributed by atoms with Gasteiger partial charge in [-0.05, 0) is 42.1 Å². The molecule has 1 aliphatic heterocycles. The summed E-state index contributed by atoms with van der Waals surface area (Å²) in [6.07, 6.45) is 0.988. The zero-order valence-corrected chi connectivity index (χ0v) is 12.7. The molecule has 2 N–H and O–H groups in total. The smallest absolute Gasteiger partial charge is 0.263 e. The van der Waals surface area contributed by atoms with Gasteiger partial charge in [0, 0.05) is 37.6 Å². The summed E-state index contributed by atoms with van der Waals surface area (Å²) in [6, 6.07) is 11.8. The molecule has 2 heterocycles. The molecule has 1 fully saturated rings. The van der Waals surface area contributed by atoms with Gasteiger partial charge in [0.25, 0.3) is 5.91 Å². The molecule has 4 nitrogen and oxygen atoms in total. The van der Waals surface area contributed by atoms with Crippen molar-refractivity contribution in [2.45, 2.75) is 6.42 Å². The third-order valence-corrected chi connectivity index (χ3v) is 4.63. The fourth-order valence-corrected chi connectivity index (χ4v) is 3.31. The van der Waals surface area contributed by atoms with E-state index in [0.717, 1.165) is 43.2 Å². The molecule has 1 aromatic heterocycles. The second kappa shape index (κ2) is 6.18. The lowest BCUT2D eigenvalue weighted by molar-refractivity contribution is 0.0772. The Bertz CT molecular complexity index is 594. The number of hydrogen-bond donors (Lipinski definition) is 1. The Kier molecular flexibility index (Phi) is 4.10. The Morgan fingerprint density at radius 3 is 2.57 bits per heavy atom. The highest BCUT2D eigenvalue weighted by Crippen LogP contribution is 2.19. The molecule has 5 heteroatoms. The molecule has 0 atom stereocenters. The number of hydrogen-bond acceptors (Lipinski definition) is 4. The first-order valence-corrected chi connectivity index (χ1v) is 8.05. The van der Waals surface area contributed by atoms with Gasteiger partial charge in [-0.25, -0.2) is 0 Å². The van der Waals surface area contributed by atoms with Crippen molar-refractivity contribution in [1.82, 2.24) is 4.90 Å². The van der Waals surface area contributed by atoms with E-state index >= 15 is 0 Å². The molecule has 0 spiro atoms. The molecule has 0 bridgehead atoms. The van der Waals surface area contributed by atoms with E-state index in [0.29, 0.717) is 0 Å². The standard InChI is InChI=1S/C16H19N3OS/c17-13-4-6-14(7-5-13)18-8-2-9-19(11-10-18)16(20)15-3-1-12-21-15/h1,3-7,12H,2,8-11,17H2. The van der Waals surface area contributed by atoms with E-state index in [4.69, 9.17) is 5.73 Å². The number of nitrogens with two attached hydrogens (primary N) is 1. The Labute approximate surface area is 128 Å². The molecule has 0 radical (unpaired) electrons. The van der Waals surface area contributed by atoms with Crippen LogP contribution in [0.15, 0.2) is 41.8 Å². The molecule has 1 aromatic carbocycles. The van der Waals surface area contributed by atoms with Gasteiger partial charge in [0.05, 0.1) is 4.88 Å². The van der Waals surface area contributed by atoms with Gasteiger partial charge >= 0.3 is 0 Å². The summed E-state index contributed by atoms with van der Waals surface area (Å²) in [5.74, 6) is 0.157. The molecular weight excluding hydrogens is 282 g/mol. The second-order valence-electron chi connectivity index (χ2n) is 5.20. The summed E-state index contributed by atoms with van der Waals surface area (Å²) in [4.78, 5) is 17.5. The fraction of sp³-hybridized carbons (Fsp3) is 0.312. The van der Waals surface area contributed by atoms with Crippen molar-refractivity contribution in [2.75, 3.05) is 36.8 Å². The van der Waals surface area contributed by atoms with E-state index in [1.165, 1.54) is 17.0 Å². The van der Waals surface area contributed by atoms with Crippen LogP contribution in [0.5, 0.6) is 0 Å². The van der Waals surface area contributed by atoms with E-state index in [-0.39, 0.29) is 5.91 Å². The molecule has 2 aromatic rings. The number of anilines is 2. The number of amides is 1. The van der Waals surface area contributed by atoms with Gasteiger partial charge in [0.2, 0.25) is 0 Å². The number of benzene rings is 1. The van der Waals surface area contributed by atoms with Gasteiger partial charge < -0.3 is 15.5 Å². The molecule has 110 valence electrons. The average molecular weight is 301 g/mol. The minimum atomic E-state index is 0.157. The Morgan fingerprint density at radius 1 is 1.05 bits per heavy atom. The molecule has 1 saturated heterocycles. The Balaban J connectivity index is 1.66. The van der Waals surface area contributed by atoms with Crippen molar-refractivity contribution in [2.24, 2.45) is 0 Å². The summed E-state index contributed by atoms with van der Waals surface area (Å²) >= 11 is 1.51. The first-order chi connectivity index (χ1) is 10.2. The summed E-state index contributed by atoms with van der Waals surface area (Å²) < 4.78 is 0. The second-order valence-corrected chi connectivity index (χ2v) is 6.15. The highest BCUT2D eigenvalue weighted by atomic mass is 32.1. The monoisotopic (exact) mass is 301 g/mol.